The normalized spacial score (nSPS) is 11.5. The number of halogens is 1. The van der Waals surface area contributed by atoms with E-state index in [0.29, 0.717) is 21.9 Å². The summed E-state index contributed by atoms with van der Waals surface area (Å²) in [5, 5.41) is 27.3. The maximum Gasteiger partial charge on any atom is 0.342 e. The number of furan rings is 1. The van der Waals surface area contributed by atoms with E-state index in [1.165, 1.54) is 12.1 Å². The van der Waals surface area contributed by atoms with Crippen LogP contribution in [0.5, 0.6) is 0 Å². The first-order valence-electron chi connectivity index (χ1n) is 9.05. The number of nitrogens with zero attached hydrogens (tertiary/aromatic N) is 2. The van der Waals surface area contributed by atoms with Gasteiger partial charge in [0, 0.05) is 22.2 Å². The molecule has 0 saturated heterocycles. The molecule has 32 heavy (non-hydrogen) atoms. The molecule has 0 aliphatic rings. The molecule has 2 aromatic carbocycles. The van der Waals surface area contributed by atoms with Crippen LogP contribution in [-0.4, -0.2) is 32.3 Å². The van der Waals surface area contributed by atoms with Crippen LogP contribution in [0.3, 0.4) is 0 Å². The smallest absolute Gasteiger partial charge is 0.342 e. The third-order valence-electron chi connectivity index (χ3n) is 4.23. The van der Waals surface area contributed by atoms with Crippen molar-refractivity contribution in [3.8, 4) is 22.8 Å². The second-order valence-electron chi connectivity index (χ2n) is 6.35. The van der Waals surface area contributed by atoms with Gasteiger partial charge in [-0.25, -0.2) is 9.59 Å². The highest BCUT2D eigenvalue weighted by Gasteiger charge is 2.18. The summed E-state index contributed by atoms with van der Waals surface area (Å²) in [7, 11) is 0. The molecule has 2 N–H and O–H groups in total. The third kappa shape index (κ3) is 4.74. The van der Waals surface area contributed by atoms with Crippen molar-refractivity contribution in [2.75, 3.05) is 0 Å². The summed E-state index contributed by atoms with van der Waals surface area (Å²) >= 11 is 6.63. The molecule has 0 amide bonds. The summed E-state index contributed by atoms with van der Waals surface area (Å²) in [5.74, 6) is -1.57. The highest BCUT2D eigenvalue weighted by Crippen LogP contribution is 2.32. The van der Waals surface area contributed by atoms with Crippen molar-refractivity contribution >= 4 is 41.4 Å². The van der Waals surface area contributed by atoms with E-state index in [0.717, 1.165) is 11.8 Å². The molecule has 0 atom stereocenters. The maximum absolute atomic E-state index is 11.7. The minimum atomic E-state index is -1.22. The van der Waals surface area contributed by atoms with Crippen LogP contribution in [-0.2, 0) is 4.79 Å². The number of carboxylic acids is 2. The number of rotatable bonds is 7. The van der Waals surface area contributed by atoms with E-state index in [2.05, 4.69) is 10.2 Å². The van der Waals surface area contributed by atoms with Crippen molar-refractivity contribution in [3.63, 3.8) is 0 Å². The van der Waals surface area contributed by atoms with E-state index >= 15 is 0 Å². The average molecular weight is 469 g/mol. The van der Waals surface area contributed by atoms with E-state index in [1.54, 1.807) is 54.6 Å². The first-order valence-corrected chi connectivity index (χ1v) is 10.2. The molecular weight excluding hydrogens is 456 g/mol. The highest BCUT2D eigenvalue weighted by molar-refractivity contribution is 8.03. The topological polar surface area (TPSA) is 127 Å². The Labute approximate surface area is 190 Å². The van der Waals surface area contributed by atoms with E-state index in [-0.39, 0.29) is 27.3 Å². The second kappa shape index (κ2) is 9.13. The molecule has 4 rings (SSSR count). The zero-order valence-corrected chi connectivity index (χ0v) is 17.6. The summed E-state index contributed by atoms with van der Waals surface area (Å²) in [5.41, 5.74) is 1.10. The van der Waals surface area contributed by atoms with Gasteiger partial charge in [0.1, 0.15) is 16.4 Å². The minimum Gasteiger partial charge on any atom is -0.478 e. The lowest BCUT2D eigenvalue weighted by molar-refractivity contribution is -0.131. The monoisotopic (exact) mass is 468 g/mol. The predicted molar refractivity (Wildman–Crippen MR) is 117 cm³/mol. The summed E-state index contributed by atoms with van der Waals surface area (Å²) in [6.45, 7) is 0. The molecule has 10 heteroatoms. The summed E-state index contributed by atoms with van der Waals surface area (Å²) in [6, 6.07) is 16.2. The van der Waals surface area contributed by atoms with E-state index < -0.39 is 11.9 Å². The second-order valence-corrected chi connectivity index (χ2v) is 7.78. The number of benzene rings is 2. The molecule has 0 aliphatic carbocycles. The van der Waals surface area contributed by atoms with Crippen LogP contribution in [0.2, 0.25) is 5.02 Å². The Hall–Kier alpha value is -3.82. The van der Waals surface area contributed by atoms with Gasteiger partial charge in [0.25, 0.3) is 5.22 Å². The fourth-order valence-corrected chi connectivity index (χ4v) is 3.56. The number of hydrogen-bond donors (Lipinski definition) is 2. The van der Waals surface area contributed by atoms with Crippen LogP contribution in [0.1, 0.15) is 16.1 Å². The highest BCUT2D eigenvalue weighted by atomic mass is 35.5. The lowest BCUT2D eigenvalue weighted by atomic mass is 10.1. The Balaban J connectivity index is 1.58. The zero-order chi connectivity index (χ0) is 22.7. The van der Waals surface area contributed by atoms with Crippen LogP contribution in [0, 0.1) is 0 Å². The molecular formula is C22H13ClN2O6S. The average Bonchev–Trinajstić information content (AvgIpc) is 3.43. The molecule has 8 nitrogen and oxygen atoms in total. The number of aromatic carboxylic acids is 1. The SMILES string of the molecule is O=C(O)/C(=C/c1ccc(-c2ccccc2C(=O)O)o1)Sc1nnc(-c2ccc(Cl)cc2)o1. The van der Waals surface area contributed by atoms with Gasteiger partial charge >= 0.3 is 11.9 Å². The molecule has 0 radical (unpaired) electrons. The third-order valence-corrected chi connectivity index (χ3v) is 5.33. The summed E-state index contributed by atoms with van der Waals surface area (Å²) in [4.78, 5) is 23.0. The van der Waals surface area contributed by atoms with E-state index in [9.17, 15) is 19.8 Å². The van der Waals surface area contributed by atoms with Gasteiger partial charge in [0.2, 0.25) is 5.89 Å². The van der Waals surface area contributed by atoms with E-state index in [4.69, 9.17) is 20.4 Å². The van der Waals surface area contributed by atoms with Gasteiger partial charge in [-0.15, -0.1) is 10.2 Å². The number of hydrogen-bond acceptors (Lipinski definition) is 7. The van der Waals surface area contributed by atoms with E-state index in [1.807, 2.05) is 0 Å². The first-order chi connectivity index (χ1) is 15.4. The molecule has 2 aromatic heterocycles. The van der Waals surface area contributed by atoms with Crippen LogP contribution < -0.4 is 0 Å². The van der Waals surface area contributed by atoms with Crippen LogP contribution in [0.4, 0.5) is 0 Å². The molecule has 0 aliphatic heterocycles. The van der Waals surface area contributed by atoms with Crippen molar-refractivity contribution in [2.24, 2.45) is 0 Å². The van der Waals surface area contributed by atoms with Crippen molar-refractivity contribution < 1.29 is 28.6 Å². The van der Waals surface area contributed by atoms with Gasteiger partial charge in [0.05, 0.1) is 5.56 Å². The van der Waals surface area contributed by atoms with Gasteiger partial charge in [-0.1, -0.05) is 29.8 Å². The molecule has 4 aromatic rings. The standard InChI is InChI=1S/C22H13ClN2O6S/c23-13-7-5-12(6-8-13)19-24-25-22(31-19)32-18(21(28)29)11-14-9-10-17(30-14)15-3-1-2-4-16(15)20(26)27/h1-11H,(H,26,27)(H,28,29)/b18-11-. The minimum absolute atomic E-state index is 0.0339. The Morgan fingerprint density at radius 3 is 2.41 bits per heavy atom. The molecule has 0 unspecified atom stereocenters. The molecule has 2 heterocycles. The number of thioether (sulfide) groups is 1. The van der Waals surface area contributed by atoms with Crippen molar-refractivity contribution in [1.29, 1.82) is 0 Å². The fourth-order valence-electron chi connectivity index (χ4n) is 2.78. The van der Waals surface area contributed by atoms with Gasteiger partial charge < -0.3 is 19.0 Å². The largest absolute Gasteiger partial charge is 0.478 e. The first kappa shape index (κ1) is 21.4. The van der Waals surface area contributed by atoms with Crippen molar-refractivity contribution in [1.82, 2.24) is 10.2 Å². The Morgan fingerprint density at radius 1 is 0.938 bits per heavy atom. The molecule has 0 saturated carbocycles. The predicted octanol–water partition coefficient (Wildman–Crippen LogP) is 5.57. The van der Waals surface area contributed by atoms with Crippen molar-refractivity contribution in [2.45, 2.75) is 5.22 Å². The summed E-state index contributed by atoms with van der Waals surface area (Å²) < 4.78 is 11.2. The quantitative estimate of drug-likeness (QED) is 0.264. The molecule has 0 bridgehead atoms. The fraction of sp³-hybridized carbons (Fsp3) is 0. The van der Waals surface area contributed by atoms with Crippen molar-refractivity contribution in [3.05, 3.63) is 81.9 Å². The van der Waals surface area contributed by atoms with Gasteiger partial charge in [-0.05, 0) is 54.2 Å². The van der Waals surface area contributed by atoms with Gasteiger partial charge in [0.15, 0.2) is 0 Å². The number of aliphatic carboxylic acids is 1. The van der Waals surface area contributed by atoms with Gasteiger partial charge in [-0.3, -0.25) is 0 Å². The number of aromatic nitrogens is 2. The lowest BCUT2D eigenvalue weighted by Crippen LogP contribution is -1.98. The van der Waals surface area contributed by atoms with Gasteiger partial charge in [-0.2, -0.15) is 0 Å². The molecule has 0 fully saturated rings. The Kier molecular flexibility index (Phi) is 6.11. The number of carboxylic acid groups (broad SMARTS) is 2. The Morgan fingerprint density at radius 2 is 1.69 bits per heavy atom. The molecule has 0 spiro atoms. The Bertz CT molecular complexity index is 1330. The van der Waals surface area contributed by atoms with Crippen LogP contribution >= 0.6 is 23.4 Å². The zero-order valence-electron chi connectivity index (χ0n) is 16.1. The van der Waals surface area contributed by atoms with Crippen LogP contribution in [0.25, 0.3) is 28.9 Å². The molecule has 160 valence electrons. The number of carbonyl (C=O) groups is 2. The maximum atomic E-state index is 11.7. The lowest BCUT2D eigenvalue weighted by Gasteiger charge is -2.02. The van der Waals surface area contributed by atoms with Crippen LogP contribution in [0.15, 0.2) is 79.6 Å². The summed E-state index contributed by atoms with van der Waals surface area (Å²) in [6.07, 6.45) is 1.30.